The SMILES string of the molecule is C/C(=C\Cc1cc(O)c2ccccc2c1O)CCC[C@H](C)CCC[C@H](C)CCCC(C)C. The summed E-state index contributed by atoms with van der Waals surface area (Å²) in [4.78, 5) is 0. The Balaban J connectivity index is 1.69. The zero-order chi connectivity index (χ0) is 23.5. The molecule has 0 amide bonds. The third-order valence-corrected chi connectivity index (χ3v) is 6.88. The van der Waals surface area contributed by atoms with Crippen molar-refractivity contribution in [3.05, 3.63) is 47.5 Å². The Morgan fingerprint density at radius 2 is 1.38 bits per heavy atom. The monoisotopic (exact) mass is 438 g/mol. The number of rotatable bonds is 14. The van der Waals surface area contributed by atoms with E-state index in [1.165, 1.54) is 56.9 Å². The third kappa shape index (κ3) is 8.88. The first kappa shape index (κ1) is 26.3. The number of aromatic hydroxyl groups is 2. The summed E-state index contributed by atoms with van der Waals surface area (Å²) in [7, 11) is 0. The fourth-order valence-electron chi connectivity index (χ4n) is 4.65. The van der Waals surface area contributed by atoms with Gasteiger partial charge in [-0.3, -0.25) is 0 Å². The molecular formula is C30H46O2. The molecule has 0 fully saturated rings. The van der Waals surface area contributed by atoms with Gasteiger partial charge in [0.05, 0.1) is 0 Å². The Bertz CT molecular complexity index is 849. The quantitative estimate of drug-likeness (QED) is 0.228. The van der Waals surface area contributed by atoms with Gasteiger partial charge in [-0.1, -0.05) is 109 Å². The Kier molecular flexibility index (Phi) is 11.1. The van der Waals surface area contributed by atoms with E-state index in [-0.39, 0.29) is 11.5 Å². The number of phenolic OH excluding ortho intramolecular Hbond substituents is 2. The normalized spacial score (nSPS) is 14.2. The molecule has 2 aromatic carbocycles. The van der Waals surface area contributed by atoms with Gasteiger partial charge in [-0.05, 0) is 50.0 Å². The molecule has 178 valence electrons. The molecule has 0 aliphatic rings. The molecule has 2 nitrogen and oxygen atoms in total. The summed E-state index contributed by atoms with van der Waals surface area (Å²) in [5, 5.41) is 22.3. The van der Waals surface area contributed by atoms with Crippen molar-refractivity contribution < 1.29 is 10.2 Å². The number of phenols is 2. The Morgan fingerprint density at radius 3 is 2.00 bits per heavy atom. The first-order valence-electron chi connectivity index (χ1n) is 12.9. The van der Waals surface area contributed by atoms with Gasteiger partial charge in [-0.25, -0.2) is 0 Å². The summed E-state index contributed by atoms with van der Waals surface area (Å²) in [5.74, 6) is 3.03. The number of benzene rings is 2. The zero-order valence-corrected chi connectivity index (χ0v) is 21.2. The van der Waals surface area contributed by atoms with Crippen LogP contribution in [0, 0.1) is 17.8 Å². The first-order chi connectivity index (χ1) is 15.3. The lowest BCUT2D eigenvalue weighted by atomic mass is 9.91. The second-order valence-corrected chi connectivity index (χ2v) is 10.6. The minimum atomic E-state index is 0.238. The van der Waals surface area contributed by atoms with Crippen LogP contribution in [0.4, 0.5) is 0 Å². The molecule has 2 rings (SSSR count). The highest BCUT2D eigenvalue weighted by atomic mass is 16.3. The van der Waals surface area contributed by atoms with E-state index in [0.29, 0.717) is 11.8 Å². The maximum atomic E-state index is 10.6. The largest absolute Gasteiger partial charge is 0.507 e. The van der Waals surface area contributed by atoms with E-state index in [9.17, 15) is 10.2 Å². The molecule has 0 spiro atoms. The van der Waals surface area contributed by atoms with Crippen molar-refractivity contribution in [1.29, 1.82) is 0 Å². The molecule has 2 atom stereocenters. The highest BCUT2D eigenvalue weighted by Gasteiger charge is 2.10. The highest BCUT2D eigenvalue weighted by molar-refractivity contribution is 5.94. The number of fused-ring (bicyclic) bond motifs is 1. The van der Waals surface area contributed by atoms with Gasteiger partial charge in [-0.2, -0.15) is 0 Å². The predicted octanol–water partition coefficient (Wildman–Crippen LogP) is 9.18. The molecule has 32 heavy (non-hydrogen) atoms. The van der Waals surface area contributed by atoms with Crippen molar-refractivity contribution in [1.82, 2.24) is 0 Å². The smallest absolute Gasteiger partial charge is 0.127 e. The molecule has 0 saturated carbocycles. The average molecular weight is 439 g/mol. The molecule has 0 saturated heterocycles. The van der Waals surface area contributed by atoms with E-state index in [1.54, 1.807) is 6.07 Å². The topological polar surface area (TPSA) is 40.5 Å². The molecule has 0 bridgehead atoms. The minimum absolute atomic E-state index is 0.238. The summed E-state index contributed by atoms with van der Waals surface area (Å²) >= 11 is 0. The Labute approximate surface area is 196 Å². The van der Waals surface area contributed by atoms with Crippen molar-refractivity contribution in [3.8, 4) is 11.5 Å². The van der Waals surface area contributed by atoms with Crippen LogP contribution in [0.15, 0.2) is 42.0 Å². The van der Waals surface area contributed by atoms with Crippen LogP contribution in [-0.2, 0) is 6.42 Å². The lowest BCUT2D eigenvalue weighted by molar-refractivity contribution is 0.389. The predicted molar refractivity (Wildman–Crippen MR) is 139 cm³/mol. The van der Waals surface area contributed by atoms with Crippen LogP contribution >= 0.6 is 0 Å². The fraction of sp³-hybridized carbons (Fsp3) is 0.600. The van der Waals surface area contributed by atoms with Crippen molar-refractivity contribution in [3.63, 3.8) is 0 Å². The summed E-state index contributed by atoms with van der Waals surface area (Å²) < 4.78 is 0. The number of allylic oxidation sites excluding steroid dienone is 2. The van der Waals surface area contributed by atoms with Gasteiger partial charge >= 0.3 is 0 Å². The van der Waals surface area contributed by atoms with Gasteiger partial charge in [0.2, 0.25) is 0 Å². The third-order valence-electron chi connectivity index (χ3n) is 6.88. The molecule has 2 heteroatoms. The van der Waals surface area contributed by atoms with Crippen LogP contribution < -0.4 is 0 Å². The highest BCUT2D eigenvalue weighted by Crippen LogP contribution is 2.35. The lowest BCUT2D eigenvalue weighted by Crippen LogP contribution is -2.00. The van der Waals surface area contributed by atoms with E-state index >= 15 is 0 Å². The molecule has 0 radical (unpaired) electrons. The maximum Gasteiger partial charge on any atom is 0.127 e. The van der Waals surface area contributed by atoms with E-state index in [2.05, 4.69) is 40.7 Å². The number of hydrogen-bond donors (Lipinski definition) is 2. The van der Waals surface area contributed by atoms with Crippen LogP contribution in [0.25, 0.3) is 10.8 Å². The number of hydrogen-bond acceptors (Lipinski definition) is 2. The molecule has 0 unspecified atom stereocenters. The van der Waals surface area contributed by atoms with Gasteiger partial charge in [0.1, 0.15) is 11.5 Å². The van der Waals surface area contributed by atoms with Crippen molar-refractivity contribution in [2.45, 2.75) is 98.8 Å². The summed E-state index contributed by atoms with van der Waals surface area (Å²) in [6.45, 7) is 11.6. The van der Waals surface area contributed by atoms with Crippen LogP contribution in [0.5, 0.6) is 11.5 Å². The van der Waals surface area contributed by atoms with Crippen LogP contribution in [0.1, 0.15) is 98.0 Å². The van der Waals surface area contributed by atoms with Gasteiger partial charge in [0.15, 0.2) is 0 Å². The van der Waals surface area contributed by atoms with E-state index in [1.807, 2.05) is 24.3 Å². The second-order valence-electron chi connectivity index (χ2n) is 10.6. The van der Waals surface area contributed by atoms with Gasteiger partial charge in [-0.15, -0.1) is 0 Å². The Morgan fingerprint density at radius 1 is 0.812 bits per heavy atom. The molecule has 0 aliphatic heterocycles. The van der Waals surface area contributed by atoms with Gasteiger partial charge in [0, 0.05) is 16.3 Å². The summed E-state index contributed by atoms with van der Waals surface area (Å²) in [6, 6.07) is 9.16. The summed E-state index contributed by atoms with van der Waals surface area (Å²) in [6.07, 6.45) is 14.7. The molecular weight excluding hydrogens is 392 g/mol. The van der Waals surface area contributed by atoms with Gasteiger partial charge in [0.25, 0.3) is 0 Å². The molecule has 2 N–H and O–H groups in total. The second kappa shape index (κ2) is 13.6. The minimum Gasteiger partial charge on any atom is -0.507 e. The van der Waals surface area contributed by atoms with Crippen molar-refractivity contribution >= 4 is 10.8 Å². The average Bonchev–Trinajstić information content (AvgIpc) is 2.75. The standard InChI is InChI=1S/C30H46O2/c1-22(2)11-8-12-23(3)13-9-14-24(4)15-10-16-25(5)19-20-26-21-29(31)27-17-6-7-18-28(27)30(26)32/h6-7,17-19,21-24,31-32H,8-16,20H2,1-5H3/b25-19+/t23-,24-/m1/s1. The van der Waals surface area contributed by atoms with Crippen LogP contribution in [0.3, 0.4) is 0 Å². The first-order valence-corrected chi connectivity index (χ1v) is 12.9. The zero-order valence-electron chi connectivity index (χ0n) is 21.2. The van der Waals surface area contributed by atoms with Gasteiger partial charge < -0.3 is 10.2 Å². The molecule has 2 aromatic rings. The van der Waals surface area contributed by atoms with Crippen molar-refractivity contribution in [2.75, 3.05) is 0 Å². The molecule has 0 aliphatic carbocycles. The van der Waals surface area contributed by atoms with Crippen molar-refractivity contribution in [2.24, 2.45) is 17.8 Å². The lowest BCUT2D eigenvalue weighted by Gasteiger charge is -2.15. The van der Waals surface area contributed by atoms with E-state index in [4.69, 9.17) is 0 Å². The molecule has 0 heterocycles. The van der Waals surface area contributed by atoms with Crippen LogP contribution in [-0.4, -0.2) is 10.2 Å². The maximum absolute atomic E-state index is 10.6. The van der Waals surface area contributed by atoms with E-state index < -0.39 is 0 Å². The fourth-order valence-corrected chi connectivity index (χ4v) is 4.65. The Hall–Kier alpha value is -1.96. The van der Waals surface area contributed by atoms with E-state index in [0.717, 1.165) is 35.1 Å². The summed E-state index contributed by atoms with van der Waals surface area (Å²) in [5.41, 5.74) is 2.15. The van der Waals surface area contributed by atoms with Crippen LogP contribution in [0.2, 0.25) is 0 Å². The molecule has 0 aromatic heterocycles.